The van der Waals surface area contributed by atoms with E-state index in [9.17, 15) is 4.79 Å². The molecule has 1 N–H and O–H groups in total. The van der Waals surface area contributed by atoms with Gasteiger partial charge in [0.1, 0.15) is 0 Å². The summed E-state index contributed by atoms with van der Waals surface area (Å²) in [5, 5.41) is 11.6. The summed E-state index contributed by atoms with van der Waals surface area (Å²) in [5.74, 6) is 0.670. The zero-order valence-corrected chi connectivity index (χ0v) is 8.79. The number of nitriles is 1. The summed E-state index contributed by atoms with van der Waals surface area (Å²) >= 11 is 0. The van der Waals surface area contributed by atoms with Crippen LogP contribution in [-0.4, -0.2) is 37.5 Å². The van der Waals surface area contributed by atoms with Gasteiger partial charge in [0.25, 0.3) is 0 Å². The van der Waals surface area contributed by atoms with Gasteiger partial charge in [-0.25, -0.2) is 0 Å². The Bertz CT molecular complexity index is 246. The van der Waals surface area contributed by atoms with Gasteiger partial charge in [0, 0.05) is 20.1 Å². The van der Waals surface area contributed by atoms with Gasteiger partial charge in [0.2, 0.25) is 5.91 Å². The lowest BCUT2D eigenvalue weighted by Gasteiger charge is -2.21. The van der Waals surface area contributed by atoms with Gasteiger partial charge in [-0.1, -0.05) is 6.92 Å². The lowest BCUT2D eigenvalue weighted by atomic mass is 9.97. The second kappa shape index (κ2) is 4.97. The molecule has 1 aliphatic rings. The molecule has 0 aromatic heterocycles. The van der Waals surface area contributed by atoms with Gasteiger partial charge in [-0.05, 0) is 12.5 Å². The van der Waals surface area contributed by atoms with Crippen LogP contribution in [0.4, 0.5) is 0 Å². The van der Waals surface area contributed by atoms with Crippen LogP contribution < -0.4 is 5.32 Å². The number of nitrogens with zero attached hydrogens (tertiary/aromatic N) is 2. The van der Waals surface area contributed by atoms with Crippen LogP contribution in [0.2, 0.25) is 0 Å². The highest BCUT2D eigenvalue weighted by molar-refractivity contribution is 5.79. The zero-order chi connectivity index (χ0) is 10.6. The smallest absolute Gasteiger partial charge is 0.227 e. The van der Waals surface area contributed by atoms with Crippen LogP contribution in [0.25, 0.3) is 0 Å². The molecule has 0 spiro atoms. The number of amides is 1. The lowest BCUT2D eigenvalue weighted by Crippen LogP contribution is -2.36. The van der Waals surface area contributed by atoms with E-state index in [-0.39, 0.29) is 11.8 Å². The summed E-state index contributed by atoms with van der Waals surface area (Å²) in [7, 11) is 1.77. The number of carbonyl (C=O) groups excluding carboxylic acids is 1. The van der Waals surface area contributed by atoms with Crippen molar-refractivity contribution in [1.29, 1.82) is 5.26 Å². The van der Waals surface area contributed by atoms with Gasteiger partial charge < -0.3 is 10.2 Å². The molecule has 0 aliphatic carbocycles. The van der Waals surface area contributed by atoms with Crippen molar-refractivity contribution < 1.29 is 4.79 Å². The number of rotatable bonds is 3. The van der Waals surface area contributed by atoms with E-state index < -0.39 is 0 Å². The second-order valence-electron chi connectivity index (χ2n) is 3.91. The Kier molecular flexibility index (Phi) is 3.90. The van der Waals surface area contributed by atoms with Crippen molar-refractivity contribution in [3.05, 3.63) is 0 Å². The second-order valence-corrected chi connectivity index (χ2v) is 3.91. The van der Waals surface area contributed by atoms with Crippen molar-refractivity contribution >= 4 is 5.91 Å². The van der Waals surface area contributed by atoms with Crippen LogP contribution in [0.15, 0.2) is 0 Å². The van der Waals surface area contributed by atoms with E-state index in [1.54, 1.807) is 11.9 Å². The summed E-state index contributed by atoms with van der Waals surface area (Å²) < 4.78 is 0. The first-order chi connectivity index (χ1) is 6.66. The Morgan fingerprint density at radius 2 is 2.36 bits per heavy atom. The molecular weight excluding hydrogens is 178 g/mol. The van der Waals surface area contributed by atoms with Gasteiger partial charge in [-0.3, -0.25) is 4.79 Å². The molecule has 0 aromatic carbocycles. The average Bonchev–Trinajstić information content (AvgIpc) is 2.59. The fourth-order valence-corrected chi connectivity index (χ4v) is 1.75. The van der Waals surface area contributed by atoms with E-state index in [0.717, 1.165) is 13.1 Å². The Hall–Kier alpha value is -1.08. The summed E-state index contributed by atoms with van der Waals surface area (Å²) in [6, 6.07) is 2.05. The molecule has 1 heterocycles. The van der Waals surface area contributed by atoms with E-state index in [1.165, 1.54) is 0 Å². The quantitative estimate of drug-likeness (QED) is 0.700. The molecule has 4 heteroatoms. The number of carbonyl (C=O) groups is 1. The molecule has 1 rings (SSSR count). The Morgan fingerprint density at radius 1 is 1.64 bits per heavy atom. The highest BCUT2D eigenvalue weighted by Gasteiger charge is 2.31. The summed E-state index contributed by atoms with van der Waals surface area (Å²) in [6.07, 6.45) is 0.413. The van der Waals surface area contributed by atoms with E-state index in [2.05, 4.69) is 12.2 Å². The SMILES string of the molecule is C[C@@H]1CNC[C@H]1C(=O)N(C)CCC#N. The predicted octanol–water partition coefficient (Wildman–Crippen LogP) is 0.214. The molecule has 0 saturated carbocycles. The Balaban J connectivity index is 2.44. The first-order valence-electron chi connectivity index (χ1n) is 4.99. The summed E-state index contributed by atoms with van der Waals surface area (Å²) in [4.78, 5) is 13.5. The third-order valence-corrected chi connectivity index (χ3v) is 2.77. The maximum Gasteiger partial charge on any atom is 0.227 e. The first-order valence-corrected chi connectivity index (χ1v) is 4.99. The van der Waals surface area contributed by atoms with Crippen molar-refractivity contribution in [1.82, 2.24) is 10.2 Å². The van der Waals surface area contributed by atoms with Gasteiger partial charge in [0.15, 0.2) is 0 Å². The van der Waals surface area contributed by atoms with Gasteiger partial charge in [0.05, 0.1) is 18.4 Å². The van der Waals surface area contributed by atoms with E-state index in [0.29, 0.717) is 18.9 Å². The molecule has 0 radical (unpaired) electrons. The molecule has 0 bridgehead atoms. The molecule has 1 fully saturated rings. The highest BCUT2D eigenvalue weighted by Crippen LogP contribution is 2.17. The minimum absolute atomic E-state index is 0.0960. The van der Waals surface area contributed by atoms with Crippen LogP contribution in [0.1, 0.15) is 13.3 Å². The molecular formula is C10H17N3O. The normalized spacial score (nSPS) is 25.8. The minimum Gasteiger partial charge on any atom is -0.344 e. The zero-order valence-electron chi connectivity index (χ0n) is 8.79. The fourth-order valence-electron chi connectivity index (χ4n) is 1.75. The fraction of sp³-hybridized carbons (Fsp3) is 0.800. The van der Waals surface area contributed by atoms with Gasteiger partial charge in [-0.15, -0.1) is 0 Å². The topological polar surface area (TPSA) is 56.1 Å². The lowest BCUT2D eigenvalue weighted by molar-refractivity contribution is -0.134. The van der Waals surface area contributed by atoms with Crippen molar-refractivity contribution in [3.8, 4) is 6.07 Å². The number of hydrogen-bond donors (Lipinski definition) is 1. The third-order valence-electron chi connectivity index (χ3n) is 2.77. The van der Waals surface area contributed by atoms with Crippen LogP contribution in [0.3, 0.4) is 0 Å². The van der Waals surface area contributed by atoms with Crippen LogP contribution >= 0.6 is 0 Å². The van der Waals surface area contributed by atoms with Crippen molar-refractivity contribution in [2.75, 3.05) is 26.7 Å². The van der Waals surface area contributed by atoms with Crippen LogP contribution in [-0.2, 0) is 4.79 Å². The van der Waals surface area contributed by atoms with Crippen LogP contribution in [0.5, 0.6) is 0 Å². The molecule has 0 aromatic rings. The third kappa shape index (κ3) is 2.46. The molecule has 1 saturated heterocycles. The van der Waals surface area contributed by atoms with Crippen LogP contribution in [0, 0.1) is 23.2 Å². The van der Waals surface area contributed by atoms with E-state index in [1.807, 2.05) is 6.07 Å². The molecule has 78 valence electrons. The molecule has 14 heavy (non-hydrogen) atoms. The minimum atomic E-state index is 0.0960. The number of nitrogens with one attached hydrogen (secondary N) is 1. The average molecular weight is 195 g/mol. The van der Waals surface area contributed by atoms with Crippen molar-refractivity contribution in [3.63, 3.8) is 0 Å². The number of hydrogen-bond acceptors (Lipinski definition) is 3. The van der Waals surface area contributed by atoms with Crippen molar-refractivity contribution in [2.45, 2.75) is 13.3 Å². The molecule has 4 nitrogen and oxygen atoms in total. The maximum atomic E-state index is 11.8. The molecule has 2 atom stereocenters. The van der Waals surface area contributed by atoms with Gasteiger partial charge in [-0.2, -0.15) is 5.26 Å². The largest absolute Gasteiger partial charge is 0.344 e. The Labute approximate surface area is 84.9 Å². The molecule has 1 aliphatic heterocycles. The monoisotopic (exact) mass is 195 g/mol. The van der Waals surface area contributed by atoms with E-state index in [4.69, 9.17) is 5.26 Å². The van der Waals surface area contributed by atoms with E-state index >= 15 is 0 Å². The first kappa shape index (κ1) is 11.0. The summed E-state index contributed by atoms with van der Waals surface area (Å²) in [5.41, 5.74) is 0. The predicted molar refractivity (Wildman–Crippen MR) is 53.4 cm³/mol. The standard InChI is InChI=1S/C10H17N3O/c1-8-6-12-7-9(8)10(14)13(2)5-3-4-11/h8-9,12H,3,5-7H2,1-2H3/t8-,9-/m1/s1. The van der Waals surface area contributed by atoms with Crippen molar-refractivity contribution in [2.24, 2.45) is 11.8 Å². The molecule has 1 amide bonds. The maximum absolute atomic E-state index is 11.8. The Morgan fingerprint density at radius 3 is 2.86 bits per heavy atom. The van der Waals surface area contributed by atoms with Gasteiger partial charge >= 0.3 is 0 Å². The summed E-state index contributed by atoms with van der Waals surface area (Å²) in [6.45, 7) is 4.32. The molecule has 0 unspecified atom stereocenters. The highest BCUT2D eigenvalue weighted by atomic mass is 16.2.